The number of pyridine rings is 1. The molecule has 19 heavy (non-hydrogen) atoms. The summed E-state index contributed by atoms with van der Waals surface area (Å²) >= 11 is 0. The highest BCUT2D eigenvalue weighted by molar-refractivity contribution is 5.88. The number of carboxylic acids is 1. The molecule has 104 valence electrons. The predicted molar refractivity (Wildman–Crippen MR) is 72.6 cm³/mol. The number of nitrogens with zero attached hydrogens (tertiary/aromatic N) is 1. The first-order chi connectivity index (χ1) is 9.10. The Morgan fingerprint density at radius 3 is 2.95 bits per heavy atom. The van der Waals surface area contributed by atoms with E-state index in [1.807, 2.05) is 0 Å². The van der Waals surface area contributed by atoms with Crippen LogP contribution in [0.1, 0.15) is 55.2 Å². The Labute approximate surface area is 113 Å². The van der Waals surface area contributed by atoms with Crippen molar-refractivity contribution in [2.75, 3.05) is 0 Å². The van der Waals surface area contributed by atoms with E-state index in [0.717, 1.165) is 25.7 Å². The van der Waals surface area contributed by atoms with Gasteiger partial charge in [0.15, 0.2) is 11.4 Å². The molecule has 4 heteroatoms. The van der Waals surface area contributed by atoms with Crippen LogP contribution in [0.25, 0.3) is 0 Å². The zero-order chi connectivity index (χ0) is 13.8. The molecule has 0 radical (unpaired) electrons. The molecule has 2 rings (SSSR count). The Kier molecular flexibility index (Phi) is 4.40. The average Bonchev–Trinajstić information content (AvgIpc) is 2.41. The van der Waals surface area contributed by atoms with E-state index in [1.54, 1.807) is 19.1 Å². The molecule has 1 saturated carbocycles. The molecule has 1 aliphatic carbocycles. The third-order valence-corrected chi connectivity index (χ3v) is 3.81. The van der Waals surface area contributed by atoms with E-state index in [9.17, 15) is 9.90 Å². The van der Waals surface area contributed by atoms with E-state index in [4.69, 9.17) is 4.74 Å². The number of aromatic nitrogens is 1. The molecule has 0 aromatic carbocycles. The molecular formula is C15H21NO3. The number of carbonyl (C=O) groups is 1. The van der Waals surface area contributed by atoms with Gasteiger partial charge in [-0.1, -0.05) is 19.8 Å². The lowest BCUT2D eigenvalue weighted by atomic mass is 9.85. The summed E-state index contributed by atoms with van der Waals surface area (Å²) in [7, 11) is 0. The Morgan fingerprint density at radius 2 is 2.26 bits per heavy atom. The van der Waals surface area contributed by atoms with Crippen molar-refractivity contribution in [3.05, 3.63) is 23.5 Å². The molecule has 0 saturated heterocycles. The van der Waals surface area contributed by atoms with Crippen LogP contribution in [-0.2, 0) is 0 Å². The Hall–Kier alpha value is -1.58. The number of hydrogen-bond acceptors (Lipinski definition) is 3. The summed E-state index contributed by atoms with van der Waals surface area (Å²) in [6, 6.07) is 3.52. The number of ether oxygens (including phenoxy) is 1. The Balaban J connectivity index is 2.12. The minimum absolute atomic E-state index is 0.0265. The molecule has 0 bridgehead atoms. The number of aryl methyl sites for hydroxylation is 1. The minimum Gasteiger partial charge on any atom is -0.488 e. The summed E-state index contributed by atoms with van der Waals surface area (Å²) in [5, 5.41) is 9.18. The molecule has 0 aliphatic heterocycles. The van der Waals surface area contributed by atoms with Crippen LogP contribution in [0.15, 0.2) is 12.1 Å². The monoisotopic (exact) mass is 263 g/mol. The summed E-state index contributed by atoms with van der Waals surface area (Å²) in [5.41, 5.74) is 0.721. The third-order valence-electron chi connectivity index (χ3n) is 3.81. The molecule has 4 nitrogen and oxygen atoms in total. The first kappa shape index (κ1) is 13.8. The molecule has 1 aromatic heterocycles. The topological polar surface area (TPSA) is 59.4 Å². The van der Waals surface area contributed by atoms with E-state index in [-0.39, 0.29) is 11.8 Å². The lowest BCUT2D eigenvalue weighted by Crippen LogP contribution is -2.26. The van der Waals surface area contributed by atoms with Crippen molar-refractivity contribution in [2.24, 2.45) is 5.92 Å². The molecule has 2 unspecified atom stereocenters. The zero-order valence-electron chi connectivity index (χ0n) is 11.6. The van der Waals surface area contributed by atoms with Crippen LogP contribution in [0.4, 0.5) is 0 Å². The van der Waals surface area contributed by atoms with E-state index in [1.165, 1.54) is 6.42 Å². The summed E-state index contributed by atoms with van der Waals surface area (Å²) in [4.78, 5) is 15.2. The molecule has 1 heterocycles. The Morgan fingerprint density at radius 1 is 1.47 bits per heavy atom. The van der Waals surface area contributed by atoms with Crippen LogP contribution in [0.5, 0.6) is 5.75 Å². The van der Waals surface area contributed by atoms with E-state index in [2.05, 4.69) is 11.9 Å². The third kappa shape index (κ3) is 3.46. The molecule has 0 amide bonds. The van der Waals surface area contributed by atoms with Gasteiger partial charge in [0.2, 0.25) is 0 Å². The molecule has 1 N–H and O–H groups in total. The number of carboxylic acid groups (broad SMARTS) is 1. The standard InChI is InChI=1S/C15H21NO3/c1-3-11-5-4-6-12(9-11)19-13-8-7-10(2)16-14(13)15(17)18/h7-8,11-12H,3-6,9H2,1-2H3,(H,17,18). The molecule has 2 atom stereocenters. The highest BCUT2D eigenvalue weighted by Crippen LogP contribution is 2.30. The fraction of sp³-hybridized carbons (Fsp3) is 0.600. The van der Waals surface area contributed by atoms with Gasteiger partial charge in [0.05, 0.1) is 6.10 Å². The van der Waals surface area contributed by atoms with Crippen molar-refractivity contribution in [3.63, 3.8) is 0 Å². The fourth-order valence-corrected chi connectivity index (χ4v) is 2.69. The van der Waals surface area contributed by atoms with Crippen molar-refractivity contribution in [1.29, 1.82) is 0 Å². The van der Waals surface area contributed by atoms with Gasteiger partial charge in [0.25, 0.3) is 0 Å². The normalized spacial score (nSPS) is 23.1. The number of rotatable bonds is 4. The van der Waals surface area contributed by atoms with Crippen molar-refractivity contribution in [1.82, 2.24) is 4.98 Å². The largest absolute Gasteiger partial charge is 0.488 e. The molecular weight excluding hydrogens is 242 g/mol. The van der Waals surface area contributed by atoms with Crippen molar-refractivity contribution in [3.8, 4) is 5.75 Å². The predicted octanol–water partition coefficient (Wildman–Crippen LogP) is 3.44. The van der Waals surface area contributed by atoms with Gasteiger partial charge < -0.3 is 9.84 Å². The van der Waals surface area contributed by atoms with Gasteiger partial charge in [0.1, 0.15) is 0 Å². The van der Waals surface area contributed by atoms with E-state index in [0.29, 0.717) is 17.4 Å². The highest BCUT2D eigenvalue weighted by atomic mass is 16.5. The van der Waals surface area contributed by atoms with Gasteiger partial charge in [-0.25, -0.2) is 9.78 Å². The second-order valence-electron chi connectivity index (χ2n) is 5.29. The van der Waals surface area contributed by atoms with Gasteiger partial charge in [-0.3, -0.25) is 0 Å². The summed E-state index contributed by atoms with van der Waals surface area (Å²) in [5.74, 6) is 0.0758. The van der Waals surface area contributed by atoms with Crippen LogP contribution in [0.2, 0.25) is 0 Å². The van der Waals surface area contributed by atoms with Crippen LogP contribution in [0.3, 0.4) is 0 Å². The number of aromatic carboxylic acids is 1. The Bertz CT molecular complexity index is 459. The van der Waals surface area contributed by atoms with Crippen LogP contribution >= 0.6 is 0 Å². The lowest BCUT2D eigenvalue weighted by molar-refractivity contribution is 0.0674. The fourth-order valence-electron chi connectivity index (χ4n) is 2.69. The molecule has 1 aromatic rings. The summed E-state index contributed by atoms with van der Waals surface area (Å²) < 4.78 is 5.89. The zero-order valence-corrected chi connectivity index (χ0v) is 11.6. The summed E-state index contributed by atoms with van der Waals surface area (Å²) in [6.07, 6.45) is 5.73. The first-order valence-corrected chi connectivity index (χ1v) is 6.97. The van der Waals surface area contributed by atoms with Gasteiger partial charge in [0, 0.05) is 5.69 Å². The molecule has 1 fully saturated rings. The van der Waals surface area contributed by atoms with Crippen molar-refractivity contribution >= 4 is 5.97 Å². The highest BCUT2D eigenvalue weighted by Gasteiger charge is 2.24. The maximum absolute atomic E-state index is 11.2. The quantitative estimate of drug-likeness (QED) is 0.904. The van der Waals surface area contributed by atoms with Crippen LogP contribution < -0.4 is 4.74 Å². The van der Waals surface area contributed by atoms with Gasteiger partial charge in [-0.05, 0) is 44.2 Å². The average molecular weight is 263 g/mol. The maximum atomic E-state index is 11.2. The van der Waals surface area contributed by atoms with Crippen molar-refractivity contribution < 1.29 is 14.6 Å². The van der Waals surface area contributed by atoms with Crippen LogP contribution in [-0.4, -0.2) is 22.2 Å². The maximum Gasteiger partial charge on any atom is 0.358 e. The lowest BCUT2D eigenvalue weighted by Gasteiger charge is -2.29. The smallest absolute Gasteiger partial charge is 0.358 e. The second kappa shape index (κ2) is 6.04. The van der Waals surface area contributed by atoms with Gasteiger partial charge in [-0.15, -0.1) is 0 Å². The molecule has 0 spiro atoms. The van der Waals surface area contributed by atoms with Gasteiger partial charge >= 0.3 is 5.97 Å². The SMILES string of the molecule is CCC1CCCC(Oc2ccc(C)nc2C(=O)O)C1. The van der Waals surface area contributed by atoms with Gasteiger partial charge in [-0.2, -0.15) is 0 Å². The van der Waals surface area contributed by atoms with E-state index >= 15 is 0 Å². The molecule has 1 aliphatic rings. The first-order valence-electron chi connectivity index (χ1n) is 6.97. The minimum atomic E-state index is -1.03. The van der Waals surface area contributed by atoms with E-state index < -0.39 is 5.97 Å². The van der Waals surface area contributed by atoms with Crippen LogP contribution in [0, 0.1) is 12.8 Å². The van der Waals surface area contributed by atoms with Crippen molar-refractivity contribution in [2.45, 2.75) is 52.1 Å². The summed E-state index contributed by atoms with van der Waals surface area (Å²) in [6.45, 7) is 3.98. The second-order valence-corrected chi connectivity index (χ2v) is 5.29. The number of hydrogen-bond donors (Lipinski definition) is 1.